The van der Waals surface area contributed by atoms with Crippen molar-refractivity contribution in [3.8, 4) is 5.75 Å². The first-order chi connectivity index (χ1) is 8.24. The predicted octanol–water partition coefficient (Wildman–Crippen LogP) is 0.933. The number of methoxy groups -OCH3 is 1. The fourth-order valence-electron chi connectivity index (χ4n) is 1.51. The van der Waals surface area contributed by atoms with Gasteiger partial charge in [0, 0.05) is 5.56 Å². The smallest absolute Gasteiger partial charge is 0.170 e. The van der Waals surface area contributed by atoms with Gasteiger partial charge in [-0.25, -0.2) is 14.1 Å². The lowest BCUT2D eigenvalue weighted by atomic mass is 10.2. The highest BCUT2D eigenvalue weighted by atomic mass is 19.1. The number of benzene rings is 1. The van der Waals surface area contributed by atoms with Gasteiger partial charge >= 0.3 is 0 Å². The number of hydrogen-bond donors (Lipinski definition) is 1. The average molecular weight is 236 g/mol. The van der Waals surface area contributed by atoms with Gasteiger partial charge in [0.05, 0.1) is 20.2 Å². The molecule has 0 fully saturated rings. The van der Waals surface area contributed by atoms with E-state index in [-0.39, 0.29) is 18.1 Å². The average Bonchev–Trinajstić information content (AvgIpc) is 2.79. The van der Waals surface area contributed by atoms with Crippen molar-refractivity contribution in [1.29, 1.82) is 0 Å². The highest BCUT2D eigenvalue weighted by molar-refractivity contribution is 5.31. The van der Waals surface area contributed by atoms with Crippen molar-refractivity contribution >= 4 is 0 Å². The molecule has 2 aromatic rings. The Morgan fingerprint density at radius 3 is 2.94 bits per heavy atom. The van der Waals surface area contributed by atoms with Crippen molar-refractivity contribution in [3.05, 3.63) is 41.7 Å². The van der Waals surface area contributed by atoms with Gasteiger partial charge < -0.3 is 10.5 Å². The van der Waals surface area contributed by atoms with Gasteiger partial charge in [-0.1, -0.05) is 12.1 Å². The molecular weight excluding hydrogens is 223 g/mol. The fourth-order valence-corrected chi connectivity index (χ4v) is 1.51. The quantitative estimate of drug-likeness (QED) is 0.857. The van der Waals surface area contributed by atoms with E-state index in [1.54, 1.807) is 22.9 Å². The molecule has 0 amide bonds. The maximum absolute atomic E-state index is 13.8. The number of rotatable bonds is 4. The molecule has 0 bridgehead atoms. The summed E-state index contributed by atoms with van der Waals surface area (Å²) in [5, 5.41) is 4.09. The van der Waals surface area contributed by atoms with Crippen molar-refractivity contribution in [2.75, 3.05) is 7.11 Å². The summed E-state index contributed by atoms with van der Waals surface area (Å²) < 4.78 is 20.3. The van der Waals surface area contributed by atoms with Crippen LogP contribution in [0.4, 0.5) is 4.39 Å². The molecule has 90 valence electrons. The first-order valence-corrected chi connectivity index (χ1v) is 5.14. The van der Waals surface area contributed by atoms with Crippen LogP contribution >= 0.6 is 0 Å². The summed E-state index contributed by atoms with van der Waals surface area (Å²) in [4.78, 5) is 3.98. The van der Waals surface area contributed by atoms with Crippen LogP contribution in [0.15, 0.2) is 24.5 Å². The van der Waals surface area contributed by atoms with E-state index >= 15 is 0 Å². The first-order valence-electron chi connectivity index (χ1n) is 5.14. The molecule has 0 saturated carbocycles. The summed E-state index contributed by atoms with van der Waals surface area (Å²) in [5.74, 6) is 0.384. The molecular formula is C11H13FN4O. The third-order valence-electron chi connectivity index (χ3n) is 2.36. The largest absolute Gasteiger partial charge is 0.494 e. The summed E-state index contributed by atoms with van der Waals surface area (Å²) in [6.45, 7) is 0.573. The molecule has 1 heterocycles. The van der Waals surface area contributed by atoms with Crippen LogP contribution in [-0.4, -0.2) is 21.9 Å². The molecule has 0 aliphatic heterocycles. The third kappa shape index (κ3) is 2.42. The maximum Gasteiger partial charge on any atom is 0.170 e. The Labute approximate surface area is 98.0 Å². The number of halogens is 1. The number of hydrogen-bond acceptors (Lipinski definition) is 4. The molecule has 0 spiro atoms. The van der Waals surface area contributed by atoms with E-state index in [1.807, 2.05) is 0 Å². The van der Waals surface area contributed by atoms with E-state index in [4.69, 9.17) is 10.5 Å². The maximum atomic E-state index is 13.8. The van der Waals surface area contributed by atoms with Crippen molar-refractivity contribution in [1.82, 2.24) is 14.8 Å². The van der Waals surface area contributed by atoms with Crippen LogP contribution in [-0.2, 0) is 13.1 Å². The number of nitrogens with two attached hydrogens (primary N) is 1. The summed E-state index contributed by atoms with van der Waals surface area (Å²) in [7, 11) is 1.43. The van der Waals surface area contributed by atoms with Gasteiger partial charge in [0.25, 0.3) is 0 Å². The van der Waals surface area contributed by atoms with E-state index in [0.717, 1.165) is 0 Å². The Morgan fingerprint density at radius 1 is 1.47 bits per heavy atom. The SMILES string of the molecule is COc1cccc(Cn2cnc(CN)n2)c1F. The normalized spacial score (nSPS) is 10.5. The van der Waals surface area contributed by atoms with Crippen LogP contribution < -0.4 is 10.5 Å². The van der Waals surface area contributed by atoms with Crippen LogP contribution in [0.25, 0.3) is 0 Å². The second-order valence-electron chi connectivity index (χ2n) is 3.50. The molecule has 0 radical (unpaired) electrons. The van der Waals surface area contributed by atoms with Gasteiger partial charge in [0.15, 0.2) is 17.4 Å². The standard InChI is InChI=1S/C11H13FN4O/c1-17-9-4-2-3-8(11(9)12)6-16-7-14-10(5-13)15-16/h2-4,7H,5-6,13H2,1H3. The van der Waals surface area contributed by atoms with E-state index in [9.17, 15) is 4.39 Å². The Hall–Kier alpha value is -1.95. The lowest BCUT2D eigenvalue weighted by molar-refractivity contribution is 0.383. The molecule has 1 aromatic carbocycles. The molecule has 0 aliphatic rings. The van der Waals surface area contributed by atoms with Crippen LogP contribution in [0.2, 0.25) is 0 Å². The number of aromatic nitrogens is 3. The Morgan fingerprint density at radius 2 is 2.29 bits per heavy atom. The summed E-state index contributed by atoms with van der Waals surface area (Å²) >= 11 is 0. The fraction of sp³-hybridized carbons (Fsp3) is 0.273. The van der Waals surface area contributed by atoms with Gasteiger partial charge in [0.1, 0.15) is 6.33 Å². The third-order valence-corrected chi connectivity index (χ3v) is 2.36. The minimum absolute atomic E-state index is 0.224. The van der Waals surface area contributed by atoms with Crippen molar-refractivity contribution in [2.45, 2.75) is 13.1 Å². The zero-order valence-electron chi connectivity index (χ0n) is 9.43. The molecule has 0 aliphatic carbocycles. The van der Waals surface area contributed by atoms with Crippen molar-refractivity contribution in [2.24, 2.45) is 5.73 Å². The zero-order chi connectivity index (χ0) is 12.3. The summed E-state index contributed by atoms with van der Waals surface area (Å²) in [6, 6.07) is 4.99. The first kappa shape index (κ1) is 11.5. The van der Waals surface area contributed by atoms with Gasteiger partial charge in [-0.05, 0) is 6.07 Å². The summed E-state index contributed by atoms with van der Waals surface area (Å²) in [6.07, 6.45) is 1.53. The van der Waals surface area contributed by atoms with E-state index in [1.165, 1.54) is 13.4 Å². The van der Waals surface area contributed by atoms with Gasteiger partial charge in [-0.2, -0.15) is 5.10 Å². The van der Waals surface area contributed by atoms with Crippen LogP contribution in [0, 0.1) is 5.82 Å². The van der Waals surface area contributed by atoms with E-state index < -0.39 is 0 Å². The topological polar surface area (TPSA) is 66.0 Å². The molecule has 0 atom stereocenters. The second kappa shape index (κ2) is 4.92. The monoisotopic (exact) mass is 236 g/mol. The molecule has 0 unspecified atom stereocenters. The minimum atomic E-state index is -0.375. The molecule has 0 saturated heterocycles. The van der Waals surface area contributed by atoms with Gasteiger partial charge in [0.2, 0.25) is 0 Å². The number of ether oxygens (including phenoxy) is 1. The predicted molar refractivity (Wildman–Crippen MR) is 60.0 cm³/mol. The highest BCUT2D eigenvalue weighted by Gasteiger charge is 2.09. The van der Waals surface area contributed by atoms with Crippen molar-refractivity contribution < 1.29 is 9.13 Å². The Kier molecular flexibility index (Phi) is 3.34. The molecule has 2 rings (SSSR count). The zero-order valence-corrected chi connectivity index (χ0v) is 9.43. The molecule has 17 heavy (non-hydrogen) atoms. The molecule has 6 heteroatoms. The van der Waals surface area contributed by atoms with Gasteiger partial charge in [-0.3, -0.25) is 0 Å². The van der Waals surface area contributed by atoms with E-state index in [2.05, 4.69) is 10.1 Å². The molecule has 1 aromatic heterocycles. The summed E-state index contributed by atoms with van der Waals surface area (Å²) in [5.41, 5.74) is 5.90. The molecule has 2 N–H and O–H groups in total. The van der Waals surface area contributed by atoms with Crippen LogP contribution in [0.5, 0.6) is 5.75 Å². The van der Waals surface area contributed by atoms with Crippen LogP contribution in [0.3, 0.4) is 0 Å². The van der Waals surface area contributed by atoms with Crippen LogP contribution in [0.1, 0.15) is 11.4 Å². The van der Waals surface area contributed by atoms with Gasteiger partial charge in [-0.15, -0.1) is 0 Å². The number of nitrogens with zero attached hydrogens (tertiary/aromatic N) is 3. The Bertz CT molecular complexity index is 512. The molecule has 5 nitrogen and oxygen atoms in total. The lowest BCUT2D eigenvalue weighted by Crippen LogP contribution is -2.05. The van der Waals surface area contributed by atoms with Crippen molar-refractivity contribution in [3.63, 3.8) is 0 Å². The second-order valence-corrected chi connectivity index (χ2v) is 3.50. The highest BCUT2D eigenvalue weighted by Crippen LogP contribution is 2.20. The van der Waals surface area contributed by atoms with E-state index in [0.29, 0.717) is 17.9 Å². The lowest BCUT2D eigenvalue weighted by Gasteiger charge is -2.06. The Balaban J connectivity index is 2.23. The minimum Gasteiger partial charge on any atom is -0.494 e.